The summed E-state index contributed by atoms with van der Waals surface area (Å²) in [6.07, 6.45) is 0. The molecule has 0 spiro atoms. The summed E-state index contributed by atoms with van der Waals surface area (Å²) in [6, 6.07) is 6.71. The molecule has 1 unspecified atom stereocenters. The van der Waals surface area contributed by atoms with Crippen molar-refractivity contribution < 1.29 is 0 Å². The Balaban J connectivity index is 2.18. The maximum absolute atomic E-state index is 5.88. The van der Waals surface area contributed by atoms with Crippen LogP contribution in [0.5, 0.6) is 0 Å². The lowest BCUT2D eigenvalue weighted by molar-refractivity contribution is 0.430. The van der Waals surface area contributed by atoms with Crippen LogP contribution in [0.3, 0.4) is 0 Å². The van der Waals surface area contributed by atoms with Crippen LogP contribution >= 0.6 is 0 Å². The highest BCUT2D eigenvalue weighted by atomic mass is 15.1. The number of anilines is 1. The normalized spacial score (nSPS) is 22.2. The standard InChI is InChI=1S/C11H17N3/c1-8-2-3-9(6-10(8)12)11-7-13-4-5-14-11/h2-3,6,11,13-14H,4-5,7,12H2,1H3. The van der Waals surface area contributed by atoms with E-state index in [0.717, 1.165) is 30.9 Å². The Labute approximate surface area is 84.7 Å². The molecule has 1 aromatic carbocycles. The Bertz CT molecular complexity index is 316. The van der Waals surface area contributed by atoms with Gasteiger partial charge in [0.2, 0.25) is 0 Å². The zero-order valence-electron chi connectivity index (χ0n) is 8.51. The van der Waals surface area contributed by atoms with Crippen LogP contribution in [0.2, 0.25) is 0 Å². The summed E-state index contributed by atoms with van der Waals surface area (Å²) in [4.78, 5) is 0. The number of piperazine rings is 1. The van der Waals surface area contributed by atoms with Crippen LogP contribution in [0.4, 0.5) is 5.69 Å². The number of nitrogens with one attached hydrogen (secondary N) is 2. The highest BCUT2D eigenvalue weighted by Gasteiger charge is 2.14. The van der Waals surface area contributed by atoms with E-state index in [1.54, 1.807) is 0 Å². The molecule has 2 rings (SSSR count). The molecular weight excluding hydrogens is 174 g/mol. The molecule has 0 saturated carbocycles. The number of nitrogens with two attached hydrogens (primary N) is 1. The van der Waals surface area contributed by atoms with Crippen LogP contribution in [-0.2, 0) is 0 Å². The molecule has 0 aromatic heterocycles. The third kappa shape index (κ3) is 1.89. The highest BCUT2D eigenvalue weighted by Crippen LogP contribution is 2.19. The second-order valence-electron chi connectivity index (χ2n) is 3.83. The summed E-state index contributed by atoms with van der Waals surface area (Å²) in [7, 11) is 0. The van der Waals surface area contributed by atoms with Crippen molar-refractivity contribution in [2.24, 2.45) is 0 Å². The van der Waals surface area contributed by atoms with Gasteiger partial charge in [-0.15, -0.1) is 0 Å². The molecule has 0 aliphatic carbocycles. The smallest absolute Gasteiger partial charge is 0.0447 e. The van der Waals surface area contributed by atoms with Crippen molar-refractivity contribution in [1.29, 1.82) is 0 Å². The average molecular weight is 191 g/mol. The minimum atomic E-state index is 0.409. The number of nitrogen functional groups attached to an aromatic ring is 1. The number of hydrogen-bond acceptors (Lipinski definition) is 3. The summed E-state index contributed by atoms with van der Waals surface area (Å²) in [5.41, 5.74) is 9.19. The van der Waals surface area contributed by atoms with Gasteiger partial charge in [0, 0.05) is 31.4 Å². The topological polar surface area (TPSA) is 50.1 Å². The molecule has 3 heteroatoms. The minimum absolute atomic E-state index is 0.409. The van der Waals surface area contributed by atoms with Crippen LogP contribution in [0.25, 0.3) is 0 Å². The van der Waals surface area contributed by atoms with E-state index in [9.17, 15) is 0 Å². The van der Waals surface area contributed by atoms with Crippen molar-refractivity contribution in [2.45, 2.75) is 13.0 Å². The zero-order valence-corrected chi connectivity index (χ0v) is 8.51. The van der Waals surface area contributed by atoms with Crippen LogP contribution in [-0.4, -0.2) is 19.6 Å². The summed E-state index contributed by atoms with van der Waals surface area (Å²) in [5.74, 6) is 0. The van der Waals surface area contributed by atoms with Crippen molar-refractivity contribution in [2.75, 3.05) is 25.4 Å². The van der Waals surface area contributed by atoms with Gasteiger partial charge in [-0.1, -0.05) is 12.1 Å². The van der Waals surface area contributed by atoms with Gasteiger partial charge in [-0.05, 0) is 24.1 Å². The molecule has 76 valence electrons. The first-order valence-electron chi connectivity index (χ1n) is 5.07. The molecule has 3 nitrogen and oxygen atoms in total. The van der Waals surface area contributed by atoms with Gasteiger partial charge < -0.3 is 16.4 Å². The average Bonchev–Trinajstić information content (AvgIpc) is 2.23. The number of benzene rings is 1. The summed E-state index contributed by atoms with van der Waals surface area (Å²) >= 11 is 0. The Morgan fingerprint density at radius 1 is 1.36 bits per heavy atom. The molecule has 1 saturated heterocycles. The molecule has 0 bridgehead atoms. The second kappa shape index (κ2) is 3.98. The van der Waals surface area contributed by atoms with E-state index in [1.807, 2.05) is 6.92 Å². The van der Waals surface area contributed by atoms with Crippen molar-refractivity contribution in [3.8, 4) is 0 Å². The number of aryl methyl sites for hydroxylation is 1. The van der Waals surface area contributed by atoms with Crippen LogP contribution in [0.15, 0.2) is 18.2 Å². The quantitative estimate of drug-likeness (QED) is 0.576. The molecule has 1 aromatic rings. The Hall–Kier alpha value is -1.06. The van der Waals surface area contributed by atoms with Crippen LogP contribution in [0.1, 0.15) is 17.2 Å². The van der Waals surface area contributed by atoms with Gasteiger partial charge in [-0.25, -0.2) is 0 Å². The largest absolute Gasteiger partial charge is 0.399 e. The lowest BCUT2D eigenvalue weighted by Crippen LogP contribution is -2.42. The Kier molecular flexibility index (Phi) is 2.70. The van der Waals surface area contributed by atoms with Crippen molar-refractivity contribution in [3.63, 3.8) is 0 Å². The fourth-order valence-corrected chi connectivity index (χ4v) is 1.76. The maximum atomic E-state index is 5.88. The van der Waals surface area contributed by atoms with Gasteiger partial charge in [0.25, 0.3) is 0 Å². The maximum Gasteiger partial charge on any atom is 0.0447 e. The minimum Gasteiger partial charge on any atom is -0.399 e. The zero-order chi connectivity index (χ0) is 9.97. The van der Waals surface area contributed by atoms with Gasteiger partial charge in [-0.2, -0.15) is 0 Å². The molecule has 1 aliphatic heterocycles. The van der Waals surface area contributed by atoms with Gasteiger partial charge >= 0.3 is 0 Å². The van der Waals surface area contributed by atoms with E-state index in [2.05, 4.69) is 28.8 Å². The SMILES string of the molecule is Cc1ccc(C2CNCCN2)cc1N. The van der Waals surface area contributed by atoms with E-state index in [1.165, 1.54) is 5.56 Å². The van der Waals surface area contributed by atoms with Gasteiger partial charge in [0.15, 0.2) is 0 Å². The summed E-state index contributed by atoms with van der Waals surface area (Å²) < 4.78 is 0. The van der Waals surface area contributed by atoms with Gasteiger partial charge in [0.05, 0.1) is 0 Å². The molecular formula is C11H17N3. The molecule has 0 radical (unpaired) electrons. The number of hydrogen-bond donors (Lipinski definition) is 3. The predicted octanol–water partition coefficient (Wildman–Crippen LogP) is 0.811. The predicted molar refractivity (Wildman–Crippen MR) is 59.2 cm³/mol. The first kappa shape index (κ1) is 9.49. The molecule has 1 fully saturated rings. The lowest BCUT2D eigenvalue weighted by atomic mass is 10.0. The third-order valence-electron chi connectivity index (χ3n) is 2.75. The summed E-state index contributed by atoms with van der Waals surface area (Å²) in [5, 5.41) is 6.83. The molecule has 0 amide bonds. The molecule has 14 heavy (non-hydrogen) atoms. The van der Waals surface area contributed by atoms with E-state index in [-0.39, 0.29) is 0 Å². The van der Waals surface area contributed by atoms with Crippen molar-refractivity contribution in [1.82, 2.24) is 10.6 Å². The van der Waals surface area contributed by atoms with E-state index in [4.69, 9.17) is 5.73 Å². The van der Waals surface area contributed by atoms with E-state index < -0.39 is 0 Å². The molecule has 1 atom stereocenters. The molecule has 1 aliphatic rings. The molecule has 1 heterocycles. The fourth-order valence-electron chi connectivity index (χ4n) is 1.76. The van der Waals surface area contributed by atoms with E-state index in [0.29, 0.717) is 6.04 Å². The van der Waals surface area contributed by atoms with Gasteiger partial charge in [0.1, 0.15) is 0 Å². The third-order valence-corrected chi connectivity index (χ3v) is 2.75. The van der Waals surface area contributed by atoms with Crippen LogP contribution < -0.4 is 16.4 Å². The molecule has 4 N–H and O–H groups in total. The fraction of sp³-hybridized carbons (Fsp3) is 0.455. The Morgan fingerprint density at radius 2 is 2.21 bits per heavy atom. The Morgan fingerprint density at radius 3 is 2.86 bits per heavy atom. The highest BCUT2D eigenvalue weighted by molar-refractivity contribution is 5.49. The van der Waals surface area contributed by atoms with E-state index >= 15 is 0 Å². The van der Waals surface area contributed by atoms with Crippen LogP contribution in [0, 0.1) is 6.92 Å². The monoisotopic (exact) mass is 191 g/mol. The van der Waals surface area contributed by atoms with Crippen molar-refractivity contribution >= 4 is 5.69 Å². The number of rotatable bonds is 1. The summed E-state index contributed by atoms with van der Waals surface area (Å²) in [6.45, 7) is 5.10. The first-order chi connectivity index (χ1) is 6.77. The lowest BCUT2D eigenvalue weighted by Gasteiger charge is -2.25. The second-order valence-corrected chi connectivity index (χ2v) is 3.83. The first-order valence-corrected chi connectivity index (χ1v) is 5.07. The van der Waals surface area contributed by atoms with Gasteiger partial charge in [-0.3, -0.25) is 0 Å². The van der Waals surface area contributed by atoms with Crippen molar-refractivity contribution in [3.05, 3.63) is 29.3 Å².